The number of phenolic OH excluding ortho intramolecular Hbond substituents is 1. The zero-order valence-corrected chi connectivity index (χ0v) is 9.24. The van der Waals surface area contributed by atoms with Crippen LogP contribution in [0.4, 0.5) is 0 Å². The van der Waals surface area contributed by atoms with Gasteiger partial charge in [0.1, 0.15) is 5.75 Å². The Hall–Kier alpha value is -0.840. The van der Waals surface area contributed by atoms with E-state index >= 15 is 0 Å². The first kappa shape index (κ1) is 8.74. The van der Waals surface area contributed by atoms with Gasteiger partial charge in [-0.25, -0.2) is 0 Å². The molecule has 3 heteroatoms. The molecule has 0 aliphatic rings. The third kappa shape index (κ3) is 1.60. The third-order valence-electron chi connectivity index (χ3n) is 1.93. The van der Waals surface area contributed by atoms with Crippen molar-refractivity contribution >= 4 is 33.5 Å². The molecule has 1 aromatic heterocycles. The minimum Gasteiger partial charge on any atom is -0.508 e. The number of hydrogen-bond acceptors (Lipinski definition) is 2. The molecular formula is C10H8INO. The molecule has 2 aromatic rings. The van der Waals surface area contributed by atoms with Gasteiger partial charge in [-0.3, -0.25) is 4.98 Å². The molecule has 0 saturated heterocycles. The first-order valence-electron chi connectivity index (χ1n) is 3.92. The molecular weight excluding hydrogens is 277 g/mol. The quantitative estimate of drug-likeness (QED) is 0.755. The van der Waals surface area contributed by atoms with Gasteiger partial charge in [0.25, 0.3) is 0 Å². The standard InChI is InChI=1S/C10H8INO/c1-6-2-9(13)4-7-3-8(11)5-12-10(6)7/h2-5,13H,1H3. The van der Waals surface area contributed by atoms with E-state index < -0.39 is 0 Å². The highest BCUT2D eigenvalue weighted by atomic mass is 127. The minimum absolute atomic E-state index is 0.300. The van der Waals surface area contributed by atoms with E-state index in [2.05, 4.69) is 27.6 Å². The highest BCUT2D eigenvalue weighted by Gasteiger charge is 2.01. The van der Waals surface area contributed by atoms with Crippen LogP contribution in [0, 0.1) is 10.5 Å². The van der Waals surface area contributed by atoms with Crippen LogP contribution in [0.5, 0.6) is 5.75 Å². The van der Waals surface area contributed by atoms with Crippen molar-refractivity contribution in [2.45, 2.75) is 6.92 Å². The molecule has 0 bridgehead atoms. The van der Waals surface area contributed by atoms with Gasteiger partial charge < -0.3 is 5.11 Å². The lowest BCUT2D eigenvalue weighted by molar-refractivity contribution is 0.476. The molecule has 0 unspecified atom stereocenters. The molecule has 0 saturated carbocycles. The zero-order chi connectivity index (χ0) is 9.42. The molecule has 1 heterocycles. The summed E-state index contributed by atoms with van der Waals surface area (Å²) in [6, 6.07) is 5.47. The summed E-state index contributed by atoms with van der Waals surface area (Å²) >= 11 is 2.21. The summed E-state index contributed by atoms with van der Waals surface area (Å²) in [6.45, 7) is 1.95. The second-order valence-electron chi connectivity index (χ2n) is 2.99. The molecule has 66 valence electrons. The normalized spacial score (nSPS) is 10.6. The molecule has 0 aliphatic carbocycles. The van der Waals surface area contributed by atoms with Crippen LogP contribution in [0.1, 0.15) is 5.56 Å². The van der Waals surface area contributed by atoms with Gasteiger partial charge in [-0.2, -0.15) is 0 Å². The fourth-order valence-electron chi connectivity index (χ4n) is 1.39. The number of nitrogens with zero attached hydrogens (tertiary/aromatic N) is 1. The van der Waals surface area contributed by atoms with Gasteiger partial charge in [-0.15, -0.1) is 0 Å². The van der Waals surface area contributed by atoms with Crippen LogP contribution in [-0.4, -0.2) is 10.1 Å². The zero-order valence-electron chi connectivity index (χ0n) is 7.08. The van der Waals surface area contributed by atoms with Gasteiger partial charge in [0.15, 0.2) is 0 Å². The van der Waals surface area contributed by atoms with E-state index in [9.17, 15) is 5.11 Å². The predicted molar refractivity (Wildman–Crippen MR) is 60.9 cm³/mol. The fourth-order valence-corrected chi connectivity index (χ4v) is 1.86. The number of phenols is 1. The summed E-state index contributed by atoms with van der Waals surface area (Å²) in [5, 5.41) is 10.4. The van der Waals surface area contributed by atoms with Gasteiger partial charge in [-0.05, 0) is 53.3 Å². The Labute approximate surface area is 89.8 Å². The molecule has 1 aromatic carbocycles. The van der Waals surface area contributed by atoms with Crippen LogP contribution >= 0.6 is 22.6 Å². The Morgan fingerprint density at radius 1 is 1.31 bits per heavy atom. The van der Waals surface area contributed by atoms with Gasteiger partial charge in [0.2, 0.25) is 0 Å². The molecule has 13 heavy (non-hydrogen) atoms. The summed E-state index contributed by atoms with van der Waals surface area (Å²) < 4.78 is 1.08. The van der Waals surface area contributed by atoms with Crippen LogP contribution in [0.3, 0.4) is 0 Å². The second-order valence-corrected chi connectivity index (χ2v) is 4.23. The summed E-state index contributed by atoms with van der Waals surface area (Å²) in [6.07, 6.45) is 1.83. The highest BCUT2D eigenvalue weighted by Crippen LogP contribution is 2.23. The molecule has 2 nitrogen and oxygen atoms in total. The number of fused-ring (bicyclic) bond motifs is 1. The Morgan fingerprint density at radius 3 is 2.85 bits per heavy atom. The summed E-state index contributed by atoms with van der Waals surface area (Å²) in [4.78, 5) is 4.30. The van der Waals surface area contributed by atoms with Crippen LogP contribution < -0.4 is 0 Å². The van der Waals surface area contributed by atoms with Crippen molar-refractivity contribution in [3.8, 4) is 5.75 Å². The highest BCUT2D eigenvalue weighted by molar-refractivity contribution is 14.1. The number of hydrogen-bond donors (Lipinski definition) is 1. The summed E-state index contributed by atoms with van der Waals surface area (Å²) in [5.41, 5.74) is 1.96. The van der Waals surface area contributed by atoms with Gasteiger partial charge in [0.05, 0.1) is 5.52 Å². The average Bonchev–Trinajstić information content (AvgIpc) is 2.02. The van der Waals surface area contributed by atoms with Gasteiger partial charge >= 0.3 is 0 Å². The number of pyridine rings is 1. The van der Waals surface area contributed by atoms with Crippen LogP contribution in [0.15, 0.2) is 24.4 Å². The topological polar surface area (TPSA) is 33.1 Å². The molecule has 0 amide bonds. The number of aromatic hydroxyl groups is 1. The number of aryl methyl sites for hydroxylation is 1. The van der Waals surface area contributed by atoms with Crippen molar-refractivity contribution in [3.05, 3.63) is 33.5 Å². The Morgan fingerprint density at radius 2 is 2.08 bits per heavy atom. The molecule has 0 spiro atoms. The van der Waals surface area contributed by atoms with E-state index in [1.165, 1.54) is 0 Å². The summed E-state index contributed by atoms with van der Waals surface area (Å²) in [5.74, 6) is 0.300. The smallest absolute Gasteiger partial charge is 0.116 e. The van der Waals surface area contributed by atoms with E-state index in [0.29, 0.717) is 5.75 Å². The van der Waals surface area contributed by atoms with Crippen LogP contribution in [0.2, 0.25) is 0 Å². The van der Waals surface area contributed by atoms with E-state index in [4.69, 9.17) is 0 Å². The van der Waals surface area contributed by atoms with Gasteiger partial charge in [-0.1, -0.05) is 0 Å². The van der Waals surface area contributed by atoms with Crippen molar-refractivity contribution in [1.29, 1.82) is 0 Å². The largest absolute Gasteiger partial charge is 0.508 e. The lowest BCUT2D eigenvalue weighted by Crippen LogP contribution is -1.84. The second kappa shape index (κ2) is 3.14. The van der Waals surface area contributed by atoms with Crippen molar-refractivity contribution in [2.24, 2.45) is 0 Å². The summed E-state index contributed by atoms with van der Waals surface area (Å²) in [7, 11) is 0. The van der Waals surface area contributed by atoms with Gasteiger partial charge in [0, 0.05) is 15.2 Å². The number of benzene rings is 1. The first-order chi connectivity index (χ1) is 6.16. The third-order valence-corrected chi connectivity index (χ3v) is 2.52. The van der Waals surface area contributed by atoms with E-state index in [-0.39, 0.29) is 0 Å². The maximum Gasteiger partial charge on any atom is 0.116 e. The van der Waals surface area contributed by atoms with E-state index in [1.807, 2.05) is 19.2 Å². The maximum atomic E-state index is 9.37. The lowest BCUT2D eigenvalue weighted by Gasteiger charge is -2.02. The molecule has 1 N–H and O–H groups in total. The fraction of sp³-hybridized carbons (Fsp3) is 0.100. The SMILES string of the molecule is Cc1cc(O)cc2cc(I)cnc12. The average molecular weight is 285 g/mol. The number of halogens is 1. The lowest BCUT2D eigenvalue weighted by atomic mass is 10.1. The monoisotopic (exact) mass is 285 g/mol. The Bertz CT molecular complexity index is 462. The number of aromatic nitrogens is 1. The molecule has 2 rings (SSSR count). The van der Waals surface area contributed by atoms with Crippen molar-refractivity contribution < 1.29 is 5.11 Å². The molecule has 0 atom stereocenters. The Balaban J connectivity index is 2.86. The van der Waals surface area contributed by atoms with Crippen LogP contribution in [-0.2, 0) is 0 Å². The van der Waals surface area contributed by atoms with Crippen molar-refractivity contribution in [1.82, 2.24) is 4.98 Å². The minimum atomic E-state index is 0.300. The van der Waals surface area contributed by atoms with E-state index in [0.717, 1.165) is 20.0 Å². The maximum absolute atomic E-state index is 9.37. The molecule has 0 radical (unpaired) electrons. The van der Waals surface area contributed by atoms with Crippen molar-refractivity contribution in [3.63, 3.8) is 0 Å². The molecule has 0 aliphatic heterocycles. The number of rotatable bonds is 0. The first-order valence-corrected chi connectivity index (χ1v) is 4.99. The Kier molecular flexibility index (Phi) is 2.11. The van der Waals surface area contributed by atoms with Crippen molar-refractivity contribution in [2.75, 3.05) is 0 Å². The van der Waals surface area contributed by atoms with Crippen LogP contribution in [0.25, 0.3) is 10.9 Å². The van der Waals surface area contributed by atoms with E-state index in [1.54, 1.807) is 12.1 Å². The molecule has 0 fully saturated rings. The predicted octanol–water partition coefficient (Wildman–Crippen LogP) is 2.85.